The lowest BCUT2D eigenvalue weighted by Crippen LogP contribution is -2.63. The predicted octanol–water partition coefficient (Wildman–Crippen LogP) is -3.02. The molecular weight excluding hydrogens is 428 g/mol. The quantitative estimate of drug-likeness (QED) is 0.211. The molecule has 0 spiro atoms. The maximum absolute atomic E-state index is 10.5. The summed E-state index contributed by atoms with van der Waals surface area (Å²) in [4.78, 5) is 0. The van der Waals surface area contributed by atoms with Crippen LogP contribution in [0.2, 0.25) is 0 Å². The topological polar surface area (TPSA) is 190 Å². The average molecular weight is 465 g/mol. The molecule has 0 amide bonds. The van der Waals surface area contributed by atoms with Gasteiger partial charge in [-0.05, 0) is 38.0 Å². The third-order valence-electron chi connectivity index (χ3n) is 7.70. The van der Waals surface area contributed by atoms with Crippen LogP contribution in [0, 0.1) is 11.8 Å². The molecule has 4 rings (SSSR count). The first kappa shape index (κ1) is 24.7. The molecule has 2 saturated heterocycles. The van der Waals surface area contributed by atoms with Gasteiger partial charge in [-0.25, -0.2) is 0 Å². The molecule has 186 valence electrons. The Morgan fingerprint density at radius 1 is 0.719 bits per heavy atom. The molecule has 8 N–H and O–H groups in total. The van der Waals surface area contributed by atoms with Gasteiger partial charge < -0.3 is 55.1 Å². The van der Waals surface area contributed by atoms with Gasteiger partial charge in [0.05, 0.1) is 43.2 Å². The molecule has 2 saturated carbocycles. The van der Waals surface area contributed by atoms with Crippen LogP contribution in [0.5, 0.6) is 0 Å². The minimum Gasteiger partial charge on any atom is -0.394 e. The van der Waals surface area contributed by atoms with Crippen molar-refractivity contribution in [2.75, 3.05) is 6.61 Å². The molecule has 0 aromatic rings. The Balaban J connectivity index is 1.54. The Morgan fingerprint density at radius 3 is 2.06 bits per heavy atom. The number of rotatable bonds is 4. The van der Waals surface area contributed by atoms with E-state index in [0.29, 0.717) is 25.7 Å². The third kappa shape index (κ3) is 4.71. The fraction of sp³-hybridized carbons (Fsp3) is 1.00. The highest BCUT2D eigenvalue weighted by molar-refractivity contribution is 5.00. The molecule has 7 unspecified atom stereocenters. The minimum atomic E-state index is -1.58. The SMILES string of the molecule is OC[C@H]1O[C@@H](OC2CC3C(CC(O)C(O)C3O)OC2C2CCC(O)CC2)[C@H](O)[C@@H](O)[C@@H]1O. The van der Waals surface area contributed by atoms with Gasteiger partial charge in [0.15, 0.2) is 6.29 Å². The molecule has 0 radical (unpaired) electrons. The summed E-state index contributed by atoms with van der Waals surface area (Å²) in [5.41, 5.74) is 0. The summed E-state index contributed by atoms with van der Waals surface area (Å²) >= 11 is 0. The van der Waals surface area contributed by atoms with Crippen molar-refractivity contribution in [1.29, 1.82) is 0 Å². The molecule has 2 aliphatic heterocycles. The highest BCUT2D eigenvalue weighted by Gasteiger charge is 2.53. The largest absolute Gasteiger partial charge is 0.394 e. The summed E-state index contributed by atoms with van der Waals surface area (Å²) in [6, 6.07) is 0. The van der Waals surface area contributed by atoms with Crippen LogP contribution in [-0.4, -0.2) is 121 Å². The van der Waals surface area contributed by atoms with Crippen molar-refractivity contribution in [1.82, 2.24) is 0 Å². The van der Waals surface area contributed by atoms with Crippen LogP contribution in [0.25, 0.3) is 0 Å². The average Bonchev–Trinajstić information content (AvgIpc) is 2.78. The van der Waals surface area contributed by atoms with E-state index in [1.54, 1.807) is 0 Å². The lowest BCUT2D eigenvalue weighted by molar-refractivity contribution is -0.334. The maximum Gasteiger partial charge on any atom is 0.187 e. The van der Waals surface area contributed by atoms with Crippen molar-refractivity contribution in [2.24, 2.45) is 11.8 Å². The van der Waals surface area contributed by atoms with Crippen LogP contribution >= 0.6 is 0 Å². The molecule has 0 aromatic carbocycles. The van der Waals surface area contributed by atoms with E-state index in [-0.39, 0.29) is 24.9 Å². The number of ether oxygens (including phenoxy) is 3. The van der Waals surface area contributed by atoms with Crippen LogP contribution < -0.4 is 0 Å². The lowest BCUT2D eigenvalue weighted by Gasteiger charge is -2.51. The van der Waals surface area contributed by atoms with E-state index in [1.807, 2.05) is 0 Å². The number of aliphatic hydroxyl groups is 8. The molecule has 2 heterocycles. The van der Waals surface area contributed by atoms with Crippen LogP contribution in [0.1, 0.15) is 38.5 Å². The van der Waals surface area contributed by atoms with Gasteiger partial charge in [0.1, 0.15) is 30.5 Å². The standard InChI is InChI=1S/C21H36O11/c22-7-14-17(27)18(28)19(29)21(32-14)31-13-5-10-12(6-11(24)16(26)15(10)25)30-20(13)8-1-3-9(23)4-2-8/h8-29H,1-7H2/t8?,9?,10?,11?,12?,13?,14-,15?,16?,17-,18+,19-,20?,21-/m1/s1. The molecule has 4 fully saturated rings. The number of aliphatic hydroxyl groups excluding tert-OH is 8. The minimum absolute atomic E-state index is 0.0235. The second-order valence-corrected chi connectivity index (χ2v) is 9.76. The van der Waals surface area contributed by atoms with E-state index in [4.69, 9.17) is 14.2 Å². The Bertz CT molecular complexity index is 613. The summed E-state index contributed by atoms with van der Waals surface area (Å²) in [5, 5.41) is 80.6. The summed E-state index contributed by atoms with van der Waals surface area (Å²) < 4.78 is 17.9. The molecule has 0 bridgehead atoms. The predicted molar refractivity (Wildman–Crippen MR) is 106 cm³/mol. The molecule has 11 heteroatoms. The van der Waals surface area contributed by atoms with Crippen molar-refractivity contribution in [2.45, 2.75) is 112 Å². The van der Waals surface area contributed by atoms with Crippen LogP contribution in [0.4, 0.5) is 0 Å². The van der Waals surface area contributed by atoms with Gasteiger partial charge in [0, 0.05) is 12.3 Å². The fourth-order valence-corrected chi connectivity index (χ4v) is 5.72. The van der Waals surface area contributed by atoms with Gasteiger partial charge in [0.25, 0.3) is 0 Å². The molecule has 12 atom stereocenters. The van der Waals surface area contributed by atoms with Crippen molar-refractivity contribution in [3.63, 3.8) is 0 Å². The summed E-state index contributed by atoms with van der Waals surface area (Å²) in [6.07, 6.45) is -9.77. The second kappa shape index (κ2) is 10.0. The summed E-state index contributed by atoms with van der Waals surface area (Å²) in [7, 11) is 0. The van der Waals surface area contributed by atoms with Gasteiger partial charge in [0.2, 0.25) is 0 Å². The van der Waals surface area contributed by atoms with E-state index in [1.165, 1.54) is 0 Å². The maximum atomic E-state index is 10.5. The van der Waals surface area contributed by atoms with Crippen LogP contribution in [0.15, 0.2) is 0 Å². The fourth-order valence-electron chi connectivity index (χ4n) is 5.72. The van der Waals surface area contributed by atoms with E-state index in [0.717, 1.165) is 0 Å². The zero-order chi connectivity index (χ0) is 23.2. The molecule has 4 aliphatic rings. The molecule has 0 aromatic heterocycles. The Labute approximate surface area is 186 Å². The van der Waals surface area contributed by atoms with Crippen molar-refractivity contribution < 1.29 is 55.1 Å². The Hall–Kier alpha value is -0.440. The second-order valence-electron chi connectivity index (χ2n) is 9.76. The van der Waals surface area contributed by atoms with E-state index in [2.05, 4.69) is 0 Å². The zero-order valence-corrected chi connectivity index (χ0v) is 17.8. The van der Waals surface area contributed by atoms with Gasteiger partial charge in [-0.2, -0.15) is 0 Å². The van der Waals surface area contributed by atoms with Gasteiger partial charge in [-0.3, -0.25) is 0 Å². The summed E-state index contributed by atoms with van der Waals surface area (Å²) in [6.45, 7) is -0.580. The molecule has 2 aliphatic carbocycles. The number of hydrogen-bond donors (Lipinski definition) is 8. The van der Waals surface area contributed by atoms with Gasteiger partial charge >= 0.3 is 0 Å². The van der Waals surface area contributed by atoms with Crippen molar-refractivity contribution in [3.05, 3.63) is 0 Å². The van der Waals surface area contributed by atoms with Crippen LogP contribution in [-0.2, 0) is 14.2 Å². The molecular formula is C21H36O11. The first-order chi connectivity index (χ1) is 15.2. The van der Waals surface area contributed by atoms with Crippen molar-refractivity contribution >= 4 is 0 Å². The van der Waals surface area contributed by atoms with Crippen molar-refractivity contribution in [3.8, 4) is 0 Å². The molecule has 32 heavy (non-hydrogen) atoms. The van der Waals surface area contributed by atoms with E-state index in [9.17, 15) is 40.9 Å². The Kier molecular flexibility index (Phi) is 7.75. The lowest BCUT2D eigenvalue weighted by atomic mass is 9.72. The highest BCUT2D eigenvalue weighted by Crippen LogP contribution is 2.43. The first-order valence-electron chi connectivity index (χ1n) is 11.5. The normalized spacial score (nSPS) is 54.8. The Morgan fingerprint density at radius 2 is 1.41 bits per heavy atom. The van der Waals surface area contributed by atoms with E-state index >= 15 is 0 Å². The summed E-state index contributed by atoms with van der Waals surface area (Å²) in [5.74, 6) is -0.496. The third-order valence-corrected chi connectivity index (χ3v) is 7.70. The number of fused-ring (bicyclic) bond motifs is 1. The van der Waals surface area contributed by atoms with E-state index < -0.39 is 79.9 Å². The highest BCUT2D eigenvalue weighted by atomic mass is 16.7. The zero-order valence-electron chi connectivity index (χ0n) is 17.8. The monoisotopic (exact) mass is 464 g/mol. The van der Waals surface area contributed by atoms with Crippen LogP contribution in [0.3, 0.4) is 0 Å². The smallest absolute Gasteiger partial charge is 0.187 e. The molecule has 11 nitrogen and oxygen atoms in total. The number of hydrogen-bond acceptors (Lipinski definition) is 11. The van der Waals surface area contributed by atoms with Gasteiger partial charge in [-0.15, -0.1) is 0 Å². The van der Waals surface area contributed by atoms with Gasteiger partial charge in [-0.1, -0.05) is 0 Å². The first-order valence-corrected chi connectivity index (χ1v) is 11.5.